The largest absolute Gasteiger partial charge is 0.478 e. The van der Waals surface area contributed by atoms with Gasteiger partial charge < -0.3 is 14.4 Å². The van der Waals surface area contributed by atoms with E-state index in [9.17, 15) is 14.7 Å². The first-order chi connectivity index (χ1) is 12.6. The Kier molecular flexibility index (Phi) is 4.81. The Morgan fingerprint density at radius 3 is 2.59 bits per heavy atom. The van der Waals surface area contributed by atoms with Crippen LogP contribution in [0.5, 0.6) is 0 Å². The summed E-state index contributed by atoms with van der Waals surface area (Å²) < 4.78 is 6.79. The molecule has 3 N–H and O–H groups in total. The highest BCUT2D eigenvalue weighted by Crippen LogP contribution is 2.34. The molecule has 0 radical (unpaired) electrons. The van der Waals surface area contributed by atoms with E-state index >= 15 is 0 Å². The summed E-state index contributed by atoms with van der Waals surface area (Å²) in [5.74, 6) is 3.19. The number of rotatable bonds is 4. The van der Waals surface area contributed by atoms with Crippen LogP contribution in [0.3, 0.4) is 0 Å². The van der Waals surface area contributed by atoms with E-state index in [0.717, 1.165) is 5.39 Å². The van der Waals surface area contributed by atoms with Gasteiger partial charge in [-0.25, -0.2) is 20.5 Å². The van der Waals surface area contributed by atoms with Crippen LogP contribution in [0.2, 0.25) is 5.15 Å². The number of hydrogen-bond acceptors (Lipinski definition) is 6. The lowest BCUT2D eigenvalue weighted by Crippen LogP contribution is -2.27. The molecule has 0 saturated carbocycles. The van der Waals surface area contributed by atoms with Crippen LogP contribution in [0, 0.1) is 0 Å². The van der Waals surface area contributed by atoms with Gasteiger partial charge in [0, 0.05) is 22.4 Å². The Hall–Kier alpha value is -2.68. The summed E-state index contributed by atoms with van der Waals surface area (Å²) in [5.41, 5.74) is -0.711. The van der Waals surface area contributed by atoms with E-state index in [-0.39, 0.29) is 23.1 Å². The molecule has 3 rings (SSSR count). The van der Waals surface area contributed by atoms with Crippen LogP contribution >= 0.6 is 11.6 Å². The van der Waals surface area contributed by atoms with Crippen molar-refractivity contribution in [2.75, 3.05) is 0 Å². The van der Waals surface area contributed by atoms with Gasteiger partial charge >= 0.3 is 11.9 Å². The zero-order chi connectivity index (χ0) is 19.9. The zero-order valence-electron chi connectivity index (χ0n) is 14.9. The van der Waals surface area contributed by atoms with Crippen LogP contribution in [-0.2, 0) is 16.3 Å². The van der Waals surface area contributed by atoms with Crippen LogP contribution in [0.1, 0.15) is 41.6 Å². The van der Waals surface area contributed by atoms with Gasteiger partial charge in [0.2, 0.25) is 0 Å². The van der Waals surface area contributed by atoms with E-state index in [0.29, 0.717) is 16.3 Å². The Bertz CT molecular complexity index is 1070. The van der Waals surface area contributed by atoms with Crippen molar-refractivity contribution in [2.45, 2.75) is 33.1 Å². The number of carboxylic acid groups (broad SMARTS) is 1. The first-order valence-electron chi connectivity index (χ1n) is 8.03. The van der Waals surface area contributed by atoms with Crippen molar-refractivity contribution in [3.05, 3.63) is 40.8 Å². The Labute approximate surface area is 159 Å². The van der Waals surface area contributed by atoms with Gasteiger partial charge in [0.05, 0.1) is 5.52 Å². The van der Waals surface area contributed by atoms with Gasteiger partial charge in [0.15, 0.2) is 0 Å². The molecule has 0 aliphatic heterocycles. The maximum atomic E-state index is 12.8. The third-order valence-electron chi connectivity index (χ3n) is 3.90. The van der Waals surface area contributed by atoms with Crippen molar-refractivity contribution in [3.63, 3.8) is 0 Å². The topological polar surface area (TPSA) is 117 Å². The number of aromatic nitrogens is 2. The van der Waals surface area contributed by atoms with Gasteiger partial charge in [-0.3, -0.25) is 4.84 Å². The van der Waals surface area contributed by atoms with Gasteiger partial charge in [-0.1, -0.05) is 23.7 Å². The molecule has 9 heteroatoms. The highest BCUT2D eigenvalue weighted by Gasteiger charge is 2.31. The molecule has 0 unspecified atom stereocenters. The first kappa shape index (κ1) is 19.1. The fraction of sp³-hybridized carbons (Fsp3) is 0.278. The van der Waals surface area contributed by atoms with Crippen LogP contribution in [0.15, 0.2) is 24.4 Å². The number of fused-ring (bicyclic) bond motifs is 3. The molecule has 2 aromatic heterocycles. The molecule has 142 valence electrons. The predicted molar refractivity (Wildman–Crippen MR) is 99.6 cm³/mol. The summed E-state index contributed by atoms with van der Waals surface area (Å²) in [6.07, 6.45) is 1.56. The number of pyridine rings is 1. The van der Waals surface area contributed by atoms with Crippen molar-refractivity contribution < 1.29 is 24.3 Å². The molecule has 3 aromatic rings. The van der Waals surface area contributed by atoms with E-state index < -0.39 is 17.5 Å². The second-order valence-corrected chi connectivity index (χ2v) is 7.33. The van der Waals surface area contributed by atoms with Crippen molar-refractivity contribution >= 4 is 45.2 Å². The number of esters is 1. The van der Waals surface area contributed by atoms with Crippen LogP contribution in [0.25, 0.3) is 21.7 Å². The molecule has 0 fully saturated rings. The Morgan fingerprint density at radius 1 is 1.30 bits per heavy atom. The number of nitrogens with two attached hydrogens (primary N) is 1. The van der Waals surface area contributed by atoms with Crippen molar-refractivity contribution in [3.8, 4) is 0 Å². The number of nitrogens with zero attached hydrogens (tertiary/aromatic N) is 2. The summed E-state index contributed by atoms with van der Waals surface area (Å²) in [6.45, 7) is 4.83. The smallest absolute Gasteiger partial charge is 0.356 e. The standard InChI is InChI=1S/C18H18ClN3O5/c1-18(2,3)27-17(25)15-13(16(23)24)10-5-4-9-7-21-12(19)6-11(9)14(10)22(15)8-26-20/h4-7H,8,20H2,1-3H3,(H,23,24). The molecule has 0 spiro atoms. The highest BCUT2D eigenvalue weighted by atomic mass is 35.5. The van der Waals surface area contributed by atoms with E-state index in [2.05, 4.69) is 4.98 Å². The summed E-state index contributed by atoms with van der Waals surface area (Å²) in [5, 5.41) is 11.7. The van der Waals surface area contributed by atoms with Gasteiger partial charge in [-0.05, 0) is 26.8 Å². The summed E-state index contributed by atoms with van der Waals surface area (Å²) in [6, 6.07) is 4.91. The van der Waals surface area contributed by atoms with Crippen molar-refractivity contribution in [1.29, 1.82) is 0 Å². The number of ether oxygens (including phenoxy) is 1. The lowest BCUT2D eigenvalue weighted by molar-refractivity contribution is 0.00364. The molecule has 8 nitrogen and oxygen atoms in total. The third-order valence-corrected chi connectivity index (χ3v) is 4.10. The maximum Gasteiger partial charge on any atom is 0.356 e. The minimum Gasteiger partial charge on any atom is -0.478 e. The minimum absolute atomic E-state index is 0.154. The SMILES string of the molecule is CC(C)(C)OC(=O)c1c(C(=O)O)c2ccc3cnc(Cl)cc3c2n1CON. The second kappa shape index (κ2) is 6.80. The molecular weight excluding hydrogens is 374 g/mol. The Morgan fingerprint density at radius 2 is 2.00 bits per heavy atom. The number of carbonyl (C=O) groups is 2. The normalized spacial score (nSPS) is 11.9. The molecule has 27 heavy (non-hydrogen) atoms. The highest BCUT2D eigenvalue weighted by molar-refractivity contribution is 6.30. The van der Waals surface area contributed by atoms with Gasteiger partial charge in [-0.15, -0.1) is 0 Å². The number of benzene rings is 1. The maximum absolute atomic E-state index is 12.8. The average molecular weight is 392 g/mol. The van der Waals surface area contributed by atoms with Crippen molar-refractivity contribution in [2.24, 2.45) is 5.90 Å². The number of aromatic carboxylic acids is 1. The molecule has 2 heterocycles. The van der Waals surface area contributed by atoms with Gasteiger partial charge in [-0.2, -0.15) is 0 Å². The minimum atomic E-state index is -1.27. The Balaban J connectivity index is 2.45. The summed E-state index contributed by atoms with van der Waals surface area (Å²) >= 11 is 6.02. The number of carbonyl (C=O) groups excluding carboxylic acids is 1. The van der Waals surface area contributed by atoms with Crippen LogP contribution in [0.4, 0.5) is 0 Å². The predicted octanol–water partition coefficient (Wildman–Crippen LogP) is 3.34. The van der Waals surface area contributed by atoms with Gasteiger partial charge in [0.1, 0.15) is 28.7 Å². The van der Waals surface area contributed by atoms with Crippen LogP contribution < -0.4 is 5.90 Å². The molecule has 0 aliphatic rings. The molecule has 0 amide bonds. The van der Waals surface area contributed by atoms with E-state index in [4.69, 9.17) is 27.1 Å². The summed E-state index contributed by atoms with van der Waals surface area (Å²) in [4.78, 5) is 33.6. The quantitative estimate of drug-likeness (QED) is 0.398. The second-order valence-electron chi connectivity index (χ2n) is 6.94. The monoisotopic (exact) mass is 391 g/mol. The molecule has 0 bridgehead atoms. The molecular formula is C18H18ClN3O5. The average Bonchev–Trinajstić information content (AvgIpc) is 2.88. The van der Waals surface area contributed by atoms with Crippen LogP contribution in [-0.4, -0.2) is 32.2 Å². The zero-order valence-corrected chi connectivity index (χ0v) is 15.7. The fourth-order valence-electron chi connectivity index (χ4n) is 3.00. The van der Waals surface area contributed by atoms with E-state index in [1.165, 1.54) is 4.57 Å². The third kappa shape index (κ3) is 3.46. The number of hydrogen-bond donors (Lipinski definition) is 2. The molecule has 0 atom stereocenters. The number of halogens is 1. The summed E-state index contributed by atoms with van der Waals surface area (Å²) in [7, 11) is 0. The van der Waals surface area contributed by atoms with E-state index in [1.807, 2.05) is 0 Å². The van der Waals surface area contributed by atoms with Gasteiger partial charge in [0.25, 0.3) is 0 Å². The van der Waals surface area contributed by atoms with Crippen molar-refractivity contribution in [1.82, 2.24) is 9.55 Å². The number of carboxylic acids is 1. The first-order valence-corrected chi connectivity index (χ1v) is 8.40. The molecule has 1 aromatic carbocycles. The van der Waals surface area contributed by atoms with E-state index in [1.54, 1.807) is 45.2 Å². The molecule has 0 saturated heterocycles. The molecule has 0 aliphatic carbocycles. The lowest BCUT2D eigenvalue weighted by atomic mass is 10.1. The fourth-order valence-corrected chi connectivity index (χ4v) is 3.16. The lowest BCUT2D eigenvalue weighted by Gasteiger charge is -2.20.